The fourth-order valence-corrected chi connectivity index (χ4v) is 3.85. The predicted molar refractivity (Wildman–Crippen MR) is 102 cm³/mol. The molecule has 3 nitrogen and oxygen atoms in total. The number of benzene rings is 2. The molecule has 3 aromatic rings. The standard InChI is InChI=1S/C22H23FN2O/c1-15-6-7-20-18(12-15)13-21(24-20)16-8-10-25(11-9-16)22(26)14-17-4-2-3-5-19(17)23/h2-7,12-13,16,24H,8-11,14H2,1H3. The molecule has 4 heteroatoms. The number of nitrogens with one attached hydrogen (secondary N) is 1. The molecule has 26 heavy (non-hydrogen) atoms. The summed E-state index contributed by atoms with van der Waals surface area (Å²) in [6, 6.07) is 15.2. The Balaban J connectivity index is 1.40. The number of piperidine rings is 1. The first-order valence-corrected chi connectivity index (χ1v) is 9.20. The van der Waals surface area contributed by atoms with Crippen LogP contribution in [0.25, 0.3) is 10.9 Å². The van der Waals surface area contributed by atoms with Crippen LogP contribution in [0.2, 0.25) is 0 Å². The monoisotopic (exact) mass is 350 g/mol. The number of hydrogen-bond donors (Lipinski definition) is 1. The zero-order valence-corrected chi connectivity index (χ0v) is 15.0. The van der Waals surface area contributed by atoms with Crippen LogP contribution in [0.5, 0.6) is 0 Å². The molecule has 0 unspecified atom stereocenters. The van der Waals surface area contributed by atoms with E-state index in [9.17, 15) is 9.18 Å². The second kappa shape index (κ2) is 6.94. The van der Waals surface area contributed by atoms with Crippen LogP contribution < -0.4 is 0 Å². The van der Waals surface area contributed by atoms with Gasteiger partial charge in [-0.1, -0.05) is 29.8 Å². The van der Waals surface area contributed by atoms with Crippen LogP contribution >= 0.6 is 0 Å². The SMILES string of the molecule is Cc1ccc2[nH]c(C3CCN(C(=O)Cc4ccccc4F)CC3)cc2c1. The molecule has 1 N–H and O–H groups in total. The van der Waals surface area contributed by atoms with Gasteiger partial charge >= 0.3 is 0 Å². The van der Waals surface area contributed by atoms with Crippen molar-refractivity contribution in [3.63, 3.8) is 0 Å². The maximum atomic E-state index is 13.8. The number of hydrogen-bond acceptors (Lipinski definition) is 1. The highest BCUT2D eigenvalue weighted by Crippen LogP contribution is 2.30. The number of amides is 1. The molecule has 1 aliphatic heterocycles. The predicted octanol–water partition coefficient (Wildman–Crippen LogP) is 4.56. The zero-order valence-electron chi connectivity index (χ0n) is 15.0. The Kier molecular flexibility index (Phi) is 4.49. The largest absolute Gasteiger partial charge is 0.358 e. The van der Waals surface area contributed by atoms with Crippen LogP contribution in [0.1, 0.15) is 35.6 Å². The van der Waals surface area contributed by atoms with E-state index in [1.54, 1.807) is 18.2 Å². The highest BCUT2D eigenvalue weighted by molar-refractivity contribution is 5.81. The number of aryl methyl sites for hydroxylation is 1. The molecule has 0 aliphatic carbocycles. The normalized spacial score (nSPS) is 15.5. The Labute approximate surface area is 152 Å². The fraction of sp³-hybridized carbons (Fsp3) is 0.318. The summed E-state index contributed by atoms with van der Waals surface area (Å²) in [7, 11) is 0. The molecule has 0 atom stereocenters. The number of H-pyrrole nitrogens is 1. The molecular weight excluding hydrogens is 327 g/mol. The Morgan fingerprint density at radius 3 is 2.69 bits per heavy atom. The summed E-state index contributed by atoms with van der Waals surface area (Å²) in [5.41, 5.74) is 4.16. The van der Waals surface area contributed by atoms with Gasteiger partial charge in [-0.3, -0.25) is 4.79 Å². The molecule has 0 saturated carbocycles. The molecule has 0 radical (unpaired) electrons. The fourth-order valence-electron chi connectivity index (χ4n) is 3.85. The van der Waals surface area contributed by atoms with Crippen molar-refractivity contribution in [3.05, 3.63) is 71.2 Å². The lowest BCUT2D eigenvalue weighted by Gasteiger charge is -2.31. The van der Waals surface area contributed by atoms with Crippen molar-refractivity contribution in [2.24, 2.45) is 0 Å². The van der Waals surface area contributed by atoms with Gasteiger partial charge in [0.15, 0.2) is 0 Å². The lowest BCUT2D eigenvalue weighted by atomic mass is 9.93. The molecule has 2 heterocycles. The molecule has 1 aliphatic rings. The average Bonchev–Trinajstić information content (AvgIpc) is 3.07. The smallest absolute Gasteiger partial charge is 0.227 e. The van der Waals surface area contributed by atoms with Gasteiger partial charge in [0.2, 0.25) is 5.91 Å². The third kappa shape index (κ3) is 3.36. The van der Waals surface area contributed by atoms with Gasteiger partial charge in [0, 0.05) is 30.2 Å². The van der Waals surface area contributed by atoms with Gasteiger partial charge in [-0.05, 0) is 55.0 Å². The maximum Gasteiger partial charge on any atom is 0.227 e. The average molecular weight is 350 g/mol. The van der Waals surface area contributed by atoms with Gasteiger partial charge in [0.1, 0.15) is 5.82 Å². The zero-order chi connectivity index (χ0) is 18.1. The van der Waals surface area contributed by atoms with Gasteiger partial charge in [0.25, 0.3) is 0 Å². The van der Waals surface area contributed by atoms with Crippen molar-refractivity contribution < 1.29 is 9.18 Å². The molecule has 1 aromatic heterocycles. The third-order valence-electron chi connectivity index (χ3n) is 5.38. The van der Waals surface area contributed by atoms with E-state index in [-0.39, 0.29) is 18.1 Å². The van der Waals surface area contributed by atoms with Crippen LogP contribution in [0.15, 0.2) is 48.5 Å². The number of nitrogens with zero attached hydrogens (tertiary/aromatic N) is 1. The highest BCUT2D eigenvalue weighted by atomic mass is 19.1. The minimum absolute atomic E-state index is 0.0146. The quantitative estimate of drug-likeness (QED) is 0.738. The maximum absolute atomic E-state index is 13.8. The first-order chi connectivity index (χ1) is 12.6. The van der Waals surface area contributed by atoms with Gasteiger partial charge in [-0.15, -0.1) is 0 Å². The number of aromatic nitrogens is 1. The van der Waals surface area contributed by atoms with Gasteiger partial charge in [0.05, 0.1) is 6.42 Å². The number of carbonyl (C=O) groups is 1. The van der Waals surface area contributed by atoms with E-state index in [2.05, 4.69) is 36.2 Å². The van der Waals surface area contributed by atoms with Crippen molar-refractivity contribution in [1.29, 1.82) is 0 Å². The minimum Gasteiger partial charge on any atom is -0.358 e. The summed E-state index contributed by atoms with van der Waals surface area (Å²) in [5.74, 6) is 0.158. The van der Waals surface area contributed by atoms with Crippen molar-refractivity contribution in [2.45, 2.75) is 32.1 Å². The number of aromatic amines is 1. The van der Waals surface area contributed by atoms with Crippen molar-refractivity contribution >= 4 is 16.8 Å². The lowest BCUT2D eigenvalue weighted by molar-refractivity contribution is -0.131. The van der Waals surface area contributed by atoms with Crippen molar-refractivity contribution in [3.8, 4) is 0 Å². The molecule has 2 aromatic carbocycles. The molecule has 1 fully saturated rings. The first kappa shape index (κ1) is 16.8. The van der Waals surface area contributed by atoms with Crippen LogP contribution in [0.4, 0.5) is 4.39 Å². The molecular formula is C22H23FN2O. The molecule has 0 spiro atoms. The second-order valence-electron chi connectivity index (χ2n) is 7.24. The van der Waals surface area contributed by atoms with E-state index in [0.717, 1.165) is 25.9 Å². The summed E-state index contributed by atoms with van der Waals surface area (Å²) in [6.07, 6.45) is 2.02. The van der Waals surface area contributed by atoms with Crippen molar-refractivity contribution in [2.75, 3.05) is 13.1 Å². The van der Waals surface area contributed by atoms with Crippen LogP contribution in [0.3, 0.4) is 0 Å². The highest BCUT2D eigenvalue weighted by Gasteiger charge is 2.25. The number of likely N-dealkylation sites (tertiary alicyclic amines) is 1. The number of rotatable bonds is 3. The third-order valence-corrected chi connectivity index (χ3v) is 5.38. The van der Waals surface area contributed by atoms with Gasteiger partial charge in [-0.2, -0.15) is 0 Å². The Morgan fingerprint density at radius 2 is 1.92 bits per heavy atom. The van der Waals surface area contributed by atoms with E-state index in [1.807, 2.05) is 4.90 Å². The van der Waals surface area contributed by atoms with E-state index in [1.165, 1.54) is 28.2 Å². The Hall–Kier alpha value is -2.62. The summed E-state index contributed by atoms with van der Waals surface area (Å²) >= 11 is 0. The van der Waals surface area contributed by atoms with E-state index in [0.29, 0.717) is 11.5 Å². The van der Waals surface area contributed by atoms with Crippen LogP contribution in [-0.2, 0) is 11.2 Å². The molecule has 1 saturated heterocycles. The van der Waals surface area contributed by atoms with Crippen LogP contribution in [-0.4, -0.2) is 28.9 Å². The Bertz CT molecular complexity index is 938. The first-order valence-electron chi connectivity index (χ1n) is 9.20. The number of halogens is 1. The van der Waals surface area contributed by atoms with Crippen molar-refractivity contribution in [1.82, 2.24) is 9.88 Å². The molecule has 1 amide bonds. The minimum atomic E-state index is -0.302. The van der Waals surface area contributed by atoms with Gasteiger partial charge in [-0.25, -0.2) is 4.39 Å². The number of carbonyl (C=O) groups excluding carboxylic acids is 1. The summed E-state index contributed by atoms with van der Waals surface area (Å²) < 4.78 is 13.8. The summed E-state index contributed by atoms with van der Waals surface area (Å²) in [4.78, 5) is 17.9. The topological polar surface area (TPSA) is 36.1 Å². The molecule has 4 rings (SSSR count). The van der Waals surface area contributed by atoms with E-state index in [4.69, 9.17) is 0 Å². The number of fused-ring (bicyclic) bond motifs is 1. The van der Waals surface area contributed by atoms with Gasteiger partial charge < -0.3 is 9.88 Å². The van der Waals surface area contributed by atoms with Crippen LogP contribution in [0, 0.1) is 12.7 Å². The second-order valence-corrected chi connectivity index (χ2v) is 7.24. The molecule has 0 bridgehead atoms. The molecule has 134 valence electrons. The Morgan fingerprint density at radius 1 is 1.15 bits per heavy atom. The van der Waals surface area contributed by atoms with E-state index >= 15 is 0 Å². The lowest BCUT2D eigenvalue weighted by Crippen LogP contribution is -2.39. The summed E-state index contributed by atoms with van der Waals surface area (Å²) in [5, 5.41) is 1.25. The van der Waals surface area contributed by atoms with E-state index < -0.39 is 0 Å². The summed E-state index contributed by atoms with van der Waals surface area (Å²) in [6.45, 7) is 3.56.